The molecule has 0 fully saturated rings. The van der Waals surface area contributed by atoms with Crippen LogP contribution < -0.4 is 15.2 Å². The molecule has 0 saturated heterocycles. The third kappa shape index (κ3) is 13.4. The van der Waals surface area contributed by atoms with Crippen LogP contribution in [0.5, 0.6) is 11.5 Å². The molecule has 41 heavy (non-hydrogen) atoms. The van der Waals surface area contributed by atoms with Gasteiger partial charge in [-0.3, -0.25) is 9.59 Å². The van der Waals surface area contributed by atoms with Crippen molar-refractivity contribution >= 4 is 24.1 Å². The number of esters is 3. The van der Waals surface area contributed by atoms with Crippen molar-refractivity contribution < 1.29 is 42.9 Å². The van der Waals surface area contributed by atoms with E-state index in [1.54, 1.807) is 13.8 Å². The SMILES string of the molecule is C[C@H](OC(=O)OCC(C)(C)C)[C@H](C)OC(=O)[C@@](C)(N)c1ccc(OC(=O)CC(C)(C)C)c(OC(=O)CC(C)(C)C)c1. The van der Waals surface area contributed by atoms with Crippen LogP contribution in [0, 0.1) is 16.2 Å². The molecule has 0 radical (unpaired) electrons. The number of carbonyl (C=O) groups excluding carboxylic acids is 4. The smallest absolute Gasteiger partial charge is 0.457 e. The minimum atomic E-state index is -1.69. The molecule has 0 heterocycles. The van der Waals surface area contributed by atoms with Crippen molar-refractivity contribution in [2.45, 2.75) is 114 Å². The maximum Gasteiger partial charge on any atom is 0.508 e. The number of benzene rings is 1. The summed E-state index contributed by atoms with van der Waals surface area (Å²) in [5, 5.41) is 0. The van der Waals surface area contributed by atoms with Crippen molar-refractivity contribution in [1.82, 2.24) is 0 Å². The van der Waals surface area contributed by atoms with Crippen LogP contribution in [0.1, 0.15) is 101 Å². The molecule has 2 N–H and O–H groups in total. The maximum absolute atomic E-state index is 13.2. The fraction of sp³-hybridized carbons (Fsp3) is 0.677. The molecule has 10 nitrogen and oxygen atoms in total. The van der Waals surface area contributed by atoms with Gasteiger partial charge in [-0.15, -0.1) is 0 Å². The second-order valence-electron chi connectivity index (χ2n) is 14.3. The van der Waals surface area contributed by atoms with Crippen molar-refractivity contribution in [1.29, 1.82) is 0 Å². The van der Waals surface area contributed by atoms with Gasteiger partial charge in [-0.1, -0.05) is 68.4 Å². The Morgan fingerprint density at radius 2 is 1.17 bits per heavy atom. The van der Waals surface area contributed by atoms with Gasteiger partial charge in [0.05, 0.1) is 19.4 Å². The lowest BCUT2D eigenvalue weighted by atomic mass is 9.92. The Kier molecular flexibility index (Phi) is 12.0. The summed E-state index contributed by atoms with van der Waals surface area (Å²) in [6, 6.07) is 4.31. The molecule has 0 aromatic heterocycles. The number of nitrogens with two attached hydrogens (primary N) is 1. The third-order valence-corrected chi connectivity index (χ3v) is 5.62. The summed E-state index contributed by atoms with van der Waals surface area (Å²) in [6.07, 6.45) is -2.31. The van der Waals surface area contributed by atoms with E-state index in [1.165, 1.54) is 25.1 Å². The minimum Gasteiger partial charge on any atom is -0.457 e. The molecular formula is C31H49NO9. The van der Waals surface area contributed by atoms with Crippen LogP contribution in [-0.4, -0.2) is 42.9 Å². The molecule has 0 aliphatic heterocycles. The molecule has 0 unspecified atom stereocenters. The van der Waals surface area contributed by atoms with E-state index in [9.17, 15) is 19.2 Å². The first kappa shape index (κ1) is 35.9. The summed E-state index contributed by atoms with van der Waals surface area (Å²) >= 11 is 0. The van der Waals surface area contributed by atoms with E-state index in [2.05, 4.69) is 0 Å². The molecule has 3 atom stereocenters. The van der Waals surface area contributed by atoms with Crippen molar-refractivity contribution in [3.8, 4) is 11.5 Å². The molecule has 232 valence electrons. The molecule has 0 aliphatic rings. The monoisotopic (exact) mass is 579 g/mol. The normalized spacial score (nSPS) is 15.1. The highest BCUT2D eigenvalue weighted by atomic mass is 16.7. The van der Waals surface area contributed by atoms with Gasteiger partial charge in [-0.05, 0) is 54.7 Å². The first-order valence-electron chi connectivity index (χ1n) is 13.8. The zero-order valence-electron chi connectivity index (χ0n) is 26.8. The van der Waals surface area contributed by atoms with Crippen LogP contribution in [0.2, 0.25) is 0 Å². The van der Waals surface area contributed by atoms with Gasteiger partial charge in [-0.25, -0.2) is 9.59 Å². The highest BCUT2D eigenvalue weighted by molar-refractivity contribution is 5.83. The lowest BCUT2D eigenvalue weighted by Gasteiger charge is -2.28. The molecule has 0 amide bonds. The predicted molar refractivity (Wildman–Crippen MR) is 154 cm³/mol. The molecule has 0 spiro atoms. The van der Waals surface area contributed by atoms with Gasteiger partial charge >= 0.3 is 24.1 Å². The Morgan fingerprint density at radius 1 is 0.707 bits per heavy atom. The molecule has 1 rings (SSSR count). The first-order valence-corrected chi connectivity index (χ1v) is 13.8. The van der Waals surface area contributed by atoms with Crippen molar-refractivity contribution in [2.75, 3.05) is 6.61 Å². The van der Waals surface area contributed by atoms with E-state index in [-0.39, 0.29) is 52.8 Å². The number of hydrogen-bond donors (Lipinski definition) is 1. The van der Waals surface area contributed by atoms with Gasteiger partial charge in [-0.2, -0.15) is 0 Å². The second kappa shape index (κ2) is 13.7. The fourth-order valence-corrected chi connectivity index (χ4v) is 3.24. The van der Waals surface area contributed by atoms with Gasteiger partial charge in [0.2, 0.25) is 0 Å². The Morgan fingerprint density at radius 3 is 1.63 bits per heavy atom. The van der Waals surface area contributed by atoms with Crippen LogP contribution in [-0.2, 0) is 34.1 Å². The Hall–Kier alpha value is -3.14. The quantitative estimate of drug-likeness (QED) is 0.257. The standard InChI is InChI=1S/C31H49NO9/c1-19(20(2)39-27(36)37-18-30(9,10)11)38-26(35)31(12,32)21-13-14-22(40-24(33)16-28(3,4)5)23(15-21)41-25(34)17-29(6,7)8/h13-15,19-20H,16-18,32H2,1-12H3/t19-,20-,31-/m0/s1. The fourth-order valence-electron chi connectivity index (χ4n) is 3.24. The van der Waals surface area contributed by atoms with Crippen LogP contribution in [0.4, 0.5) is 4.79 Å². The van der Waals surface area contributed by atoms with E-state index in [1.807, 2.05) is 62.3 Å². The number of rotatable bonds is 10. The van der Waals surface area contributed by atoms with Crippen molar-refractivity contribution in [2.24, 2.45) is 22.0 Å². The molecule has 1 aromatic carbocycles. The van der Waals surface area contributed by atoms with E-state index in [0.717, 1.165) is 0 Å². The topological polar surface area (TPSA) is 140 Å². The zero-order valence-corrected chi connectivity index (χ0v) is 26.8. The van der Waals surface area contributed by atoms with E-state index >= 15 is 0 Å². The summed E-state index contributed by atoms with van der Waals surface area (Å²) in [5.74, 6) is -1.87. The third-order valence-electron chi connectivity index (χ3n) is 5.62. The zero-order chi connectivity index (χ0) is 32.0. The summed E-state index contributed by atoms with van der Waals surface area (Å²) in [6.45, 7) is 21.8. The van der Waals surface area contributed by atoms with Gasteiger partial charge in [0.25, 0.3) is 0 Å². The van der Waals surface area contributed by atoms with Crippen molar-refractivity contribution in [3.63, 3.8) is 0 Å². The Balaban J connectivity index is 3.15. The largest absolute Gasteiger partial charge is 0.508 e. The summed E-state index contributed by atoms with van der Waals surface area (Å²) in [5.41, 5.74) is 4.06. The highest BCUT2D eigenvalue weighted by Crippen LogP contribution is 2.35. The molecule has 0 saturated carbocycles. The molecule has 0 aliphatic carbocycles. The van der Waals surface area contributed by atoms with E-state index in [0.29, 0.717) is 0 Å². The van der Waals surface area contributed by atoms with E-state index in [4.69, 9.17) is 29.4 Å². The van der Waals surface area contributed by atoms with Gasteiger partial charge in [0, 0.05) is 0 Å². The summed E-state index contributed by atoms with van der Waals surface area (Å²) in [7, 11) is 0. The van der Waals surface area contributed by atoms with Crippen LogP contribution >= 0.6 is 0 Å². The van der Waals surface area contributed by atoms with Crippen LogP contribution in [0.15, 0.2) is 18.2 Å². The number of carbonyl (C=O) groups is 4. The van der Waals surface area contributed by atoms with Gasteiger partial charge < -0.3 is 29.4 Å². The van der Waals surface area contributed by atoms with Crippen LogP contribution in [0.25, 0.3) is 0 Å². The average Bonchev–Trinajstić information content (AvgIpc) is 2.75. The Bertz CT molecular complexity index is 1090. The maximum atomic E-state index is 13.2. The minimum absolute atomic E-state index is 0.0265. The Labute approximate surface area is 244 Å². The summed E-state index contributed by atoms with van der Waals surface area (Å²) in [4.78, 5) is 50.4. The average molecular weight is 580 g/mol. The van der Waals surface area contributed by atoms with E-state index < -0.39 is 41.8 Å². The number of ether oxygens (including phenoxy) is 5. The lowest BCUT2D eigenvalue weighted by molar-refractivity contribution is -0.160. The molecule has 1 aromatic rings. The van der Waals surface area contributed by atoms with Gasteiger partial charge in [0.15, 0.2) is 11.5 Å². The highest BCUT2D eigenvalue weighted by Gasteiger charge is 2.36. The van der Waals surface area contributed by atoms with Crippen LogP contribution in [0.3, 0.4) is 0 Å². The van der Waals surface area contributed by atoms with Gasteiger partial charge in [0.1, 0.15) is 17.7 Å². The second-order valence-corrected chi connectivity index (χ2v) is 14.3. The molecule has 0 bridgehead atoms. The lowest BCUT2D eigenvalue weighted by Crippen LogP contribution is -2.46. The molecule has 10 heteroatoms. The first-order chi connectivity index (χ1) is 18.4. The summed E-state index contributed by atoms with van der Waals surface area (Å²) < 4.78 is 27.0. The van der Waals surface area contributed by atoms with Crippen molar-refractivity contribution in [3.05, 3.63) is 23.8 Å². The molecular weight excluding hydrogens is 530 g/mol. The number of hydrogen-bond acceptors (Lipinski definition) is 10. The predicted octanol–water partition coefficient (Wildman–Crippen LogP) is 6.06.